The number of nitrogens with zero attached hydrogens (tertiary/aromatic N) is 1. The number of aromatic nitrogens is 1. The largest absolute Gasteiger partial charge is 0.493 e. The summed E-state index contributed by atoms with van der Waals surface area (Å²) in [5.74, 6) is 1.30. The van der Waals surface area contributed by atoms with Crippen molar-refractivity contribution in [3.8, 4) is 11.5 Å². The maximum absolute atomic E-state index is 12.5. The van der Waals surface area contributed by atoms with E-state index in [4.69, 9.17) is 14.2 Å². The summed E-state index contributed by atoms with van der Waals surface area (Å²) in [5, 5.41) is 1.21. The zero-order valence-corrected chi connectivity index (χ0v) is 15.2. The minimum Gasteiger partial charge on any atom is -0.493 e. The van der Waals surface area contributed by atoms with Crippen molar-refractivity contribution in [1.82, 2.24) is 9.88 Å². The van der Waals surface area contributed by atoms with Crippen LogP contribution in [0.3, 0.4) is 0 Å². The third-order valence-corrected chi connectivity index (χ3v) is 5.56. The Hall–Kier alpha value is -3.15. The number of fused-ring (bicyclic) bond motifs is 4. The molecular formula is C21H20N2O4. The summed E-state index contributed by atoms with van der Waals surface area (Å²) < 4.78 is 16.2. The van der Waals surface area contributed by atoms with Gasteiger partial charge in [0.25, 0.3) is 0 Å². The van der Waals surface area contributed by atoms with E-state index in [1.54, 1.807) is 14.2 Å². The lowest BCUT2D eigenvalue weighted by atomic mass is 9.89. The summed E-state index contributed by atoms with van der Waals surface area (Å²) >= 11 is 0. The van der Waals surface area contributed by atoms with Crippen LogP contribution in [0.5, 0.6) is 11.5 Å². The molecule has 0 bridgehead atoms. The first-order valence-electron chi connectivity index (χ1n) is 8.97. The van der Waals surface area contributed by atoms with E-state index < -0.39 is 0 Å². The standard InChI is InChI=1S/C21H20N2O4/c1-25-17-8-7-12(9-18(17)26-2)20-19-15(10-13-11-27-21(24)23(13)20)14-5-3-4-6-16(14)22-19/h3-9,13,20,22H,10-11H2,1-2H3. The van der Waals surface area contributed by atoms with Gasteiger partial charge in [0, 0.05) is 16.6 Å². The number of aromatic amines is 1. The molecule has 1 saturated heterocycles. The summed E-state index contributed by atoms with van der Waals surface area (Å²) in [5.41, 5.74) is 4.34. The van der Waals surface area contributed by atoms with E-state index in [0.29, 0.717) is 18.1 Å². The number of nitrogens with one attached hydrogen (secondary N) is 1. The van der Waals surface area contributed by atoms with Gasteiger partial charge in [-0.15, -0.1) is 0 Å². The number of amides is 1. The number of carbonyl (C=O) groups excluding carboxylic acids is 1. The molecule has 27 heavy (non-hydrogen) atoms. The maximum atomic E-state index is 12.5. The molecule has 2 aliphatic rings. The van der Waals surface area contributed by atoms with E-state index in [-0.39, 0.29) is 18.2 Å². The highest BCUT2D eigenvalue weighted by molar-refractivity contribution is 5.86. The highest BCUT2D eigenvalue weighted by Gasteiger charge is 2.45. The Kier molecular flexibility index (Phi) is 3.53. The van der Waals surface area contributed by atoms with Crippen LogP contribution in [0.25, 0.3) is 10.9 Å². The number of ether oxygens (including phenoxy) is 3. The molecule has 6 nitrogen and oxygen atoms in total. The Balaban J connectivity index is 1.73. The predicted molar refractivity (Wildman–Crippen MR) is 100 cm³/mol. The number of carbonyl (C=O) groups is 1. The fraction of sp³-hybridized carbons (Fsp3) is 0.286. The zero-order chi connectivity index (χ0) is 18.5. The molecule has 0 spiro atoms. The Labute approximate surface area is 156 Å². The second kappa shape index (κ2) is 5.94. The van der Waals surface area contributed by atoms with Gasteiger partial charge in [-0.05, 0) is 35.7 Å². The molecule has 1 fully saturated rings. The first kappa shape index (κ1) is 16.1. The average Bonchev–Trinajstić information content (AvgIpc) is 3.26. The van der Waals surface area contributed by atoms with Gasteiger partial charge < -0.3 is 19.2 Å². The molecule has 1 aromatic heterocycles. The lowest BCUT2D eigenvalue weighted by Crippen LogP contribution is -2.42. The minimum atomic E-state index is -0.274. The SMILES string of the molecule is COc1ccc(C2c3[nH]c4ccccc4c3CC3COC(=O)N32)cc1OC. The van der Waals surface area contributed by atoms with Crippen LogP contribution in [0.1, 0.15) is 22.9 Å². The number of rotatable bonds is 3. The van der Waals surface area contributed by atoms with Crippen molar-refractivity contribution >= 4 is 17.0 Å². The number of cyclic esters (lactones) is 1. The van der Waals surface area contributed by atoms with E-state index in [1.807, 2.05) is 35.2 Å². The van der Waals surface area contributed by atoms with Crippen molar-refractivity contribution in [3.63, 3.8) is 0 Å². The minimum absolute atomic E-state index is 0.0299. The molecule has 2 aliphatic heterocycles. The van der Waals surface area contributed by atoms with Crippen LogP contribution in [0.4, 0.5) is 4.79 Å². The van der Waals surface area contributed by atoms with Crippen molar-refractivity contribution in [1.29, 1.82) is 0 Å². The van der Waals surface area contributed by atoms with E-state index in [9.17, 15) is 4.79 Å². The number of para-hydroxylation sites is 1. The van der Waals surface area contributed by atoms with Gasteiger partial charge in [-0.1, -0.05) is 24.3 Å². The van der Waals surface area contributed by atoms with Gasteiger partial charge in [0.2, 0.25) is 0 Å². The van der Waals surface area contributed by atoms with E-state index >= 15 is 0 Å². The van der Waals surface area contributed by atoms with Crippen molar-refractivity contribution in [2.45, 2.75) is 18.5 Å². The third-order valence-electron chi connectivity index (χ3n) is 5.56. The Bertz CT molecular complexity index is 1040. The van der Waals surface area contributed by atoms with Crippen LogP contribution in [0, 0.1) is 0 Å². The van der Waals surface area contributed by atoms with Gasteiger partial charge in [0.1, 0.15) is 12.6 Å². The van der Waals surface area contributed by atoms with Crippen LogP contribution < -0.4 is 9.47 Å². The predicted octanol–water partition coefficient (Wildman–Crippen LogP) is 3.65. The summed E-state index contributed by atoms with van der Waals surface area (Å²) in [6, 6.07) is 13.8. The summed E-state index contributed by atoms with van der Waals surface area (Å²) in [7, 11) is 3.23. The van der Waals surface area contributed by atoms with E-state index in [1.165, 1.54) is 10.9 Å². The van der Waals surface area contributed by atoms with Crippen LogP contribution in [0.15, 0.2) is 42.5 Å². The molecule has 0 saturated carbocycles. The first-order chi connectivity index (χ1) is 13.2. The van der Waals surface area contributed by atoms with Gasteiger partial charge in [0.05, 0.1) is 20.3 Å². The van der Waals surface area contributed by atoms with Crippen molar-refractivity contribution in [3.05, 3.63) is 59.3 Å². The molecule has 3 heterocycles. The smallest absolute Gasteiger partial charge is 0.411 e. The number of hydrogen-bond donors (Lipinski definition) is 1. The summed E-state index contributed by atoms with van der Waals surface area (Å²) in [4.78, 5) is 17.9. The van der Waals surface area contributed by atoms with Crippen LogP contribution in [-0.4, -0.2) is 42.8 Å². The van der Waals surface area contributed by atoms with E-state index in [2.05, 4.69) is 17.1 Å². The van der Waals surface area contributed by atoms with Gasteiger partial charge in [0.15, 0.2) is 11.5 Å². The molecule has 5 rings (SSSR count). The molecular weight excluding hydrogens is 344 g/mol. The third kappa shape index (κ3) is 2.29. The van der Waals surface area contributed by atoms with Crippen molar-refractivity contribution < 1.29 is 19.0 Å². The van der Waals surface area contributed by atoms with Gasteiger partial charge in [-0.3, -0.25) is 4.90 Å². The lowest BCUT2D eigenvalue weighted by molar-refractivity contribution is 0.147. The average molecular weight is 364 g/mol. The summed E-state index contributed by atoms with van der Waals surface area (Å²) in [6.07, 6.45) is 0.513. The lowest BCUT2D eigenvalue weighted by Gasteiger charge is -2.35. The van der Waals surface area contributed by atoms with Crippen molar-refractivity contribution in [2.24, 2.45) is 0 Å². The van der Waals surface area contributed by atoms with E-state index in [0.717, 1.165) is 23.2 Å². The molecule has 138 valence electrons. The zero-order valence-electron chi connectivity index (χ0n) is 15.2. The Morgan fingerprint density at radius 1 is 1.11 bits per heavy atom. The number of benzene rings is 2. The monoisotopic (exact) mass is 364 g/mol. The van der Waals surface area contributed by atoms with Gasteiger partial charge >= 0.3 is 6.09 Å². The van der Waals surface area contributed by atoms with Crippen LogP contribution in [-0.2, 0) is 11.2 Å². The molecule has 1 N–H and O–H groups in total. The molecule has 2 unspecified atom stereocenters. The van der Waals surface area contributed by atoms with Gasteiger partial charge in [-0.2, -0.15) is 0 Å². The molecule has 0 aliphatic carbocycles. The van der Waals surface area contributed by atoms with Crippen LogP contribution in [0.2, 0.25) is 0 Å². The molecule has 3 aromatic rings. The topological polar surface area (TPSA) is 63.8 Å². The highest BCUT2D eigenvalue weighted by atomic mass is 16.6. The Morgan fingerprint density at radius 3 is 2.74 bits per heavy atom. The van der Waals surface area contributed by atoms with Gasteiger partial charge in [-0.25, -0.2) is 4.79 Å². The number of hydrogen-bond acceptors (Lipinski definition) is 4. The molecule has 1 amide bonds. The quantitative estimate of drug-likeness (QED) is 0.770. The highest BCUT2D eigenvalue weighted by Crippen LogP contribution is 2.44. The van der Waals surface area contributed by atoms with Crippen molar-refractivity contribution in [2.75, 3.05) is 20.8 Å². The number of H-pyrrole nitrogens is 1. The molecule has 2 atom stereocenters. The molecule has 0 radical (unpaired) electrons. The molecule has 2 aromatic carbocycles. The second-order valence-corrected chi connectivity index (χ2v) is 6.92. The first-order valence-corrected chi connectivity index (χ1v) is 8.97. The fourth-order valence-corrected chi connectivity index (χ4v) is 4.34. The summed E-state index contributed by atoms with van der Waals surface area (Å²) in [6.45, 7) is 0.418. The van der Waals surface area contributed by atoms with Crippen LogP contribution >= 0.6 is 0 Å². The second-order valence-electron chi connectivity index (χ2n) is 6.92. The Morgan fingerprint density at radius 2 is 1.93 bits per heavy atom. The maximum Gasteiger partial charge on any atom is 0.411 e. The number of methoxy groups -OCH3 is 2. The normalized spacial score (nSPS) is 21.0. The fourth-order valence-electron chi connectivity index (χ4n) is 4.34. The molecule has 6 heteroatoms.